The summed E-state index contributed by atoms with van der Waals surface area (Å²) >= 11 is 0. The Morgan fingerprint density at radius 1 is 0.909 bits per heavy atom. The van der Waals surface area contributed by atoms with E-state index in [9.17, 15) is 31.8 Å². The van der Waals surface area contributed by atoms with Gasteiger partial charge in [-0.2, -0.15) is 4.31 Å². The molecule has 0 unspecified atom stereocenters. The maximum Gasteiger partial charge on any atom is 0.407 e. The first-order valence-corrected chi connectivity index (χ1v) is 21.6. The lowest BCUT2D eigenvalue weighted by Crippen LogP contribution is -2.58. The first kappa shape index (κ1) is 40.9. The Kier molecular flexibility index (Phi) is 13.1. The molecule has 0 aliphatic carbocycles. The van der Waals surface area contributed by atoms with Gasteiger partial charge in [0.05, 0.1) is 41.2 Å². The molecule has 3 heterocycles. The summed E-state index contributed by atoms with van der Waals surface area (Å²) in [6.07, 6.45) is 0.102. The van der Waals surface area contributed by atoms with Gasteiger partial charge in [-0.15, -0.1) is 0 Å². The fraction of sp³-hybridized carbons (Fsp3) is 0.513. The van der Waals surface area contributed by atoms with Gasteiger partial charge in [0, 0.05) is 31.6 Å². The van der Waals surface area contributed by atoms with E-state index in [0.717, 1.165) is 5.56 Å². The van der Waals surface area contributed by atoms with E-state index in [-0.39, 0.29) is 60.9 Å². The summed E-state index contributed by atoms with van der Waals surface area (Å²) in [7, 11) is -7.88. The molecule has 16 heteroatoms. The largest absolute Gasteiger partial charge is 0.465 e. The number of carbonyl (C=O) groups is 1. The molecule has 300 valence electrons. The van der Waals surface area contributed by atoms with E-state index in [1.807, 2.05) is 44.2 Å². The van der Waals surface area contributed by atoms with Crippen LogP contribution in [-0.2, 0) is 35.9 Å². The zero-order valence-electron chi connectivity index (χ0n) is 31.2. The van der Waals surface area contributed by atoms with Crippen molar-refractivity contribution in [2.75, 3.05) is 39.6 Å². The van der Waals surface area contributed by atoms with Gasteiger partial charge in [-0.1, -0.05) is 75.2 Å². The van der Waals surface area contributed by atoms with Crippen molar-refractivity contribution in [2.45, 2.75) is 86.6 Å². The van der Waals surface area contributed by atoms with Crippen LogP contribution in [0.25, 0.3) is 0 Å². The number of fused-ring (bicyclic) bond motifs is 2. The van der Waals surface area contributed by atoms with Gasteiger partial charge in [-0.05, 0) is 60.9 Å². The third kappa shape index (κ3) is 9.97. The molecule has 3 N–H and O–H groups in total. The quantitative estimate of drug-likeness (QED) is 0.143. The molecule has 0 bridgehead atoms. The second kappa shape index (κ2) is 17.6. The highest BCUT2D eigenvalue weighted by Gasteiger charge is 2.49. The molecule has 55 heavy (non-hydrogen) atoms. The molecule has 3 aromatic carbocycles. The first-order valence-electron chi connectivity index (χ1n) is 18.7. The number of ether oxygens (including phenoxy) is 4. The van der Waals surface area contributed by atoms with Gasteiger partial charge in [-0.3, -0.25) is 4.90 Å². The van der Waals surface area contributed by atoms with Crippen LogP contribution in [0.1, 0.15) is 51.5 Å². The number of aliphatic hydroxyl groups excluding tert-OH is 1. The normalized spacial score (nSPS) is 20.7. The Hall–Kier alpha value is -3.77. The second-order valence-electron chi connectivity index (χ2n) is 15.1. The molecule has 3 aliphatic heterocycles. The molecule has 0 aromatic heterocycles. The highest BCUT2D eigenvalue weighted by Crippen LogP contribution is 2.38. The standard InChI is InChI=1S/C39H51N3O11S2/c1-39(2,19-10-5-11-20-40-54(46,47)29-14-8-4-9-15-29)26-41(55(48,49)30-16-17-35-36(23-30)53-27-52-35)24-34(43)32(22-28-12-6-3-7-13-28)42(38(44)45)33-25-51-37-31(33)18-21-50-37/h3-4,6-9,12-17,23,31-34,37,40,43H,5,10-11,18-22,24-27H2,1-2H3,(H,44,45)/t31-,32-,33-,34+,37+/m0/s1. The van der Waals surface area contributed by atoms with Gasteiger partial charge < -0.3 is 29.2 Å². The number of unbranched alkanes of at least 4 members (excludes halogenated alkanes) is 2. The Morgan fingerprint density at radius 2 is 1.62 bits per heavy atom. The van der Waals surface area contributed by atoms with Crippen LogP contribution >= 0.6 is 0 Å². The zero-order valence-corrected chi connectivity index (χ0v) is 32.8. The van der Waals surface area contributed by atoms with Crippen molar-refractivity contribution in [1.82, 2.24) is 13.9 Å². The number of carboxylic acid groups (broad SMARTS) is 1. The smallest absolute Gasteiger partial charge is 0.407 e. The van der Waals surface area contributed by atoms with Crippen molar-refractivity contribution in [3.8, 4) is 11.5 Å². The van der Waals surface area contributed by atoms with E-state index in [2.05, 4.69) is 4.72 Å². The number of amides is 1. The highest BCUT2D eigenvalue weighted by atomic mass is 32.2. The Bertz CT molecular complexity index is 1970. The maximum absolute atomic E-state index is 14.5. The van der Waals surface area contributed by atoms with Crippen LogP contribution in [0.4, 0.5) is 4.79 Å². The molecule has 1 amide bonds. The minimum Gasteiger partial charge on any atom is -0.465 e. The van der Waals surface area contributed by atoms with Crippen molar-refractivity contribution >= 4 is 26.1 Å². The number of rotatable bonds is 19. The van der Waals surface area contributed by atoms with Crippen LogP contribution in [0, 0.1) is 11.3 Å². The van der Waals surface area contributed by atoms with Crippen LogP contribution < -0.4 is 14.2 Å². The van der Waals surface area contributed by atoms with Gasteiger partial charge in [0.2, 0.25) is 26.8 Å². The van der Waals surface area contributed by atoms with E-state index in [4.69, 9.17) is 18.9 Å². The number of nitrogens with one attached hydrogen (secondary N) is 1. The molecule has 0 radical (unpaired) electrons. The summed E-state index contributed by atoms with van der Waals surface area (Å²) in [4.78, 5) is 14.5. The Balaban J connectivity index is 1.21. The zero-order chi connectivity index (χ0) is 39.2. The molecule has 0 saturated carbocycles. The lowest BCUT2D eigenvalue weighted by atomic mass is 9.86. The summed E-state index contributed by atoms with van der Waals surface area (Å²) < 4.78 is 80.6. The summed E-state index contributed by atoms with van der Waals surface area (Å²) in [5.74, 6) is 0.491. The number of hydrogen-bond acceptors (Lipinski definition) is 10. The van der Waals surface area contributed by atoms with Crippen LogP contribution in [-0.4, -0.2) is 106 Å². The van der Waals surface area contributed by atoms with Crippen LogP contribution in [0.3, 0.4) is 0 Å². The van der Waals surface area contributed by atoms with Crippen molar-refractivity contribution in [3.63, 3.8) is 0 Å². The Morgan fingerprint density at radius 3 is 2.35 bits per heavy atom. The average molecular weight is 802 g/mol. The SMILES string of the molecule is CC(C)(CCCCCNS(=O)(=O)c1ccccc1)CN(C[C@@H](O)[C@H](Cc1ccccc1)N(C(=O)O)[C@H]1CO[C@H]2OCC[C@H]21)S(=O)(=O)c1ccc2c(c1)OCO2. The van der Waals surface area contributed by atoms with Gasteiger partial charge in [0.15, 0.2) is 17.8 Å². The van der Waals surface area contributed by atoms with E-state index in [1.54, 1.807) is 18.2 Å². The van der Waals surface area contributed by atoms with Gasteiger partial charge in [0.1, 0.15) is 0 Å². The molecule has 2 fully saturated rings. The third-order valence-electron chi connectivity index (χ3n) is 10.5. The predicted octanol–water partition coefficient (Wildman–Crippen LogP) is 4.68. The second-order valence-corrected chi connectivity index (χ2v) is 18.8. The summed E-state index contributed by atoms with van der Waals surface area (Å²) in [5, 5.41) is 22.8. The lowest BCUT2D eigenvalue weighted by molar-refractivity contribution is -0.0906. The average Bonchev–Trinajstić information content (AvgIpc) is 3.92. The van der Waals surface area contributed by atoms with Gasteiger partial charge in [0.25, 0.3) is 0 Å². The van der Waals surface area contributed by atoms with Crippen molar-refractivity contribution < 1.29 is 50.8 Å². The fourth-order valence-corrected chi connectivity index (χ4v) is 10.4. The number of nitrogens with zero attached hydrogens (tertiary/aromatic N) is 2. The molecule has 5 atom stereocenters. The van der Waals surface area contributed by atoms with Crippen LogP contribution in [0.15, 0.2) is 88.7 Å². The Labute approximate surface area is 323 Å². The monoisotopic (exact) mass is 801 g/mol. The van der Waals surface area contributed by atoms with Crippen molar-refractivity contribution in [1.29, 1.82) is 0 Å². The van der Waals surface area contributed by atoms with E-state index >= 15 is 0 Å². The molecule has 3 aliphatic rings. The molecular formula is C39H51N3O11S2. The van der Waals surface area contributed by atoms with E-state index < -0.39 is 56.0 Å². The molecule has 14 nitrogen and oxygen atoms in total. The van der Waals surface area contributed by atoms with Gasteiger partial charge >= 0.3 is 6.09 Å². The lowest BCUT2D eigenvalue weighted by Gasteiger charge is -2.40. The van der Waals surface area contributed by atoms with Gasteiger partial charge in [-0.25, -0.2) is 26.4 Å². The van der Waals surface area contributed by atoms with Crippen molar-refractivity contribution in [3.05, 3.63) is 84.4 Å². The summed E-state index contributed by atoms with van der Waals surface area (Å²) in [6, 6.07) is 20.1. The topological polar surface area (TPSA) is 181 Å². The molecular weight excluding hydrogens is 751 g/mol. The van der Waals surface area contributed by atoms with E-state index in [1.165, 1.54) is 39.5 Å². The number of sulfonamides is 2. The minimum atomic E-state index is -4.27. The molecule has 6 rings (SSSR count). The predicted molar refractivity (Wildman–Crippen MR) is 203 cm³/mol. The molecule has 0 spiro atoms. The summed E-state index contributed by atoms with van der Waals surface area (Å²) in [5.41, 5.74) is 0.189. The van der Waals surface area contributed by atoms with Crippen LogP contribution in [0.2, 0.25) is 0 Å². The minimum absolute atomic E-state index is 0.0116. The van der Waals surface area contributed by atoms with Crippen LogP contribution in [0.5, 0.6) is 11.5 Å². The van der Waals surface area contributed by atoms with E-state index in [0.29, 0.717) is 44.5 Å². The molecule has 2 saturated heterocycles. The number of aliphatic hydroxyl groups is 1. The third-order valence-corrected chi connectivity index (χ3v) is 13.8. The number of hydrogen-bond donors (Lipinski definition) is 3. The number of benzene rings is 3. The highest BCUT2D eigenvalue weighted by molar-refractivity contribution is 7.89. The maximum atomic E-state index is 14.5. The van der Waals surface area contributed by atoms with Crippen molar-refractivity contribution in [2.24, 2.45) is 11.3 Å². The summed E-state index contributed by atoms with van der Waals surface area (Å²) in [6.45, 7) is 4.27. The fourth-order valence-electron chi connectivity index (χ4n) is 7.65. The molecule has 3 aromatic rings. The first-order chi connectivity index (χ1) is 26.2.